The van der Waals surface area contributed by atoms with Crippen molar-refractivity contribution in [3.63, 3.8) is 0 Å². The summed E-state index contributed by atoms with van der Waals surface area (Å²) in [6, 6.07) is 22.3. The molecule has 0 aliphatic carbocycles. The van der Waals surface area contributed by atoms with Gasteiger partial charge in [0, 0.05) is 27.7 Å². The number of likely N-dealkylation sites (N-methyl/N-ethyl adjacent to an activating group) is 1. The number of anilines is 1. The Morgan fingerprint density at radius 1 is 0.964 bits per heavy atom. The SMILES string of the molecule is CCN1C(=O)C(O)(P(=O)(c2ccccc2)c2ccccc2)c2cc(Cl)ccc21. The van der Waals surface area contributed by atoms with E-state index in [0.717, 1.165) is 0 Å². The zero-order valence-electron chi connectivity index (χ0n) is 15.2. The van der Waals surface area contributed by atoms with Gasteiger partial charge in [0.1, 0.15) is 0 Å². The van der Waals surface area contributed by atoms with Gasteiger partial charge in [-0.05, 0) is 25.1 Å². The van der Waals surface area contributed by atoms with Crippen molar-refractivity contribution in [3.8, 4) is 0 Å². The summed E-state index contributed by atoms with van der Waals surface area (Å²) < 4.78 is 14.7. The van der Waals surface area contributed by atoms with E-state index in [9.17, 15) is 14.5 Å². The molecule has 0 radical (unpaired) electrons. The average molecular weight is 412 g/mol. The summed E-state index contributed by atoms with van der Waals surface area (Å²) in [7, 11) is -3.84. The van der Waals surface area contributed by atoms with E-state index < -0.39 is 18.4 Å². The van der Waals surface area contributed by atoms with Gasteiger partial charge in [-0.3, -0.25) is 4.79 Å². The molecule has 3 aromatic carbocycles. The summed E-state index contributed by atoms with van der Waals surface area (Å²) in [5.41, 5.74) is 0.814. The van der Waals surface area contributed by atoms with Crippen molar-refractivity contribution >= 4 is 40.9 Å². The Bertz CT molecular complexity index is 1040. The summed E-state index contributed by atoms with van der Waals surface area (Å²) in [6.45, 7) is 2.16. The maximum Gasteiger partial charge on any atom is 0.272 e. The minimum Gasteiger partial charge on any atom is -0.369 e. The van der Waals surface area contributed by atoms with Gasteiger partial charge in [-0.1, -0.05) is 72.3 Å². The highest BCUT2D eigenvalue weighted by molar-refractivity contribution is 7.80. The van der Waals surface area contributed by atoms with E-state index >= 15 is 0 Å². The maximum absolute atomic E-state index is 14.7. The number of rotatable bonds is 4. The molecule has 0 bridgehead atoms. The molecule has 4 nitrogen and oxygen atoms in total. The van der Waals surface area contributed by atoms with E-state index in [-0.39, 0.29) is 5.56 Å². The number of aliphatic hydroxyl groups is 1. The van der Waals surface area contributed by atoms with Gasteiger partial charge >= 0.3 is 0 Å². The van der Waals surface area contributed by atoms with Gasteiger partial charge in [0.05, 0.1) is 5.69 Å². The molecule has 1 N–H and O–H groups in total. The van der Waals surface area contributed by atoms with E-state index in [4.69, 9.17) is 11.6 Å². The van der Waals surface area contributed by atoms with Crippen LogP contribution < -0.4 is 15.5 Å². The molecule has 0 saturated carbocycles. The number of fused-ring (bicyclic) bond motifs is 1. The third-order valence-corrected chi connectivity index (χ3v) is 8.81. The second-order valence-corrected chi connectivity index (χ2v) is 10.00. The molecule has 4 rings (SSSR count). The van der Waals surface area contributed by atoms with Crippen molar-refractivity contribution in [2.45, 2.75) is 12.3 Å². The lowest BCUT2D eigenvalue weighted by atomic mass is 10.1. The predicted molar refractivity (Wildman–Crippen MR) is 113 cm³/mol. The van der Waals surface area contributed by atoms with Crippen LogP contribution in [-0.2, 0) is 14.7 Å². The van der Waals surface area contributed by atoms with Crippen LogP contribution in [0.25, 0.3) is 0 Å². The molecule has 1 amide bonds. The molecule has 28 heavy (non-hydrogen) atoms. The number of nitrogens with zero attached hydrogens (tertiary/aromatic N) is 1. The molecule has 0 aromatic heterocycles. The van der Waals surface area contributed by atoms with Crippen LogP contribution >= 0.6 is 18.7 Å². The molecule has 0 saturated heterocycles. The van der Waals surface area contributed by atoms with Crippen LogP contribution in [0, 0.1) is 0 Å². The molecule has 1 aliphatic heterocycles. The predicted octanol–water partition coefficient (Wildman–Crippen LogP) is 3.87. The highest BCUT2D eigenvalue weighted by atomic mass is 35.5. The van der Waals surface area contributed by atoms with E-state index in [1.165, 1.54) is 4.90 Å². The summed E-state index contributed by atoms with van der Waals surface area (Å²) in [5.74, 6) is -0.594. The zero-order chi connectivity index (χ0) is 19.9. The molecule has 3 aromatic rings. The Labute approximate surface area is 168 Å². The third kappa shape index (κ3) is 2.49. The van der Waals surface area contributed by atoms with Crippen molar-refractivity contribution in [3.05, 3.63) is 89.4 Å². The Balaban J connectivity index is 2.09. The number of amides is 1. The van der Waals surface area contributed by atoms with Gasteiger partial charge in [-0.15, -0.1) is 0 Å². The van der Waals surface area contributed by atoms with Crippen molar-refractivity contribution < 1.29 is 14.5 Å². The second kappa shape index (κ2) is 6.89. The van der Waals surface area contributed by atoms with E-state index in [1.807, 2.05) is 19.1 Å². The maximum atomic E-state index is 14.7. The van der Waals surface area contributed by atoms with Crippen molar-refractivity contribution in [1.82, 2.24) is 0 Å². The fraction of sp³-hybridized carbons (Fsp3) is 0.136. The first-order valence-electron chi connectivity index (χ1n) is 9.00. The van der Waals surface area contributed by atoms with Crippen LogP contribution in [0.4, 0.5) is 5.69 Å². The van der Waals surface area contributed by atoms with E-state index in [0.29, 0.717) is 27.9 Å². The lowest BCUT2D eigenvalue weighted by Crippen LogP contribution is -2.44. The van der Waals surface area contributed by atoms with Crippen LogP contribution in [0.2, 0.25) is 5.02 Å². The lowest BCUT2D eigenvalue weighted by Gasteiger charge is -2.33. The standard InChI is InChI=1S/C22H19ClNO3P/c1-2-24-20-14-13-16(23)15-19(20)22(26,21(24)25)28(27,17-9-5-3-6-10-17)18-11-7-4-8-12-18/h3-15,26H,2H2,1H3. The number of halogens is 1. The van der Waals surface area contributed by atoms with Gasteiger partial charge in [0.25, 0.3) is 5.91 Å². The summed E-state index contributed by atoms with van der Waals surface area (Å²) in [5, 5.41) is 10.9. The molecule has 1 heterocycles. The second-order valence-electron chi connectivity index (χ2n) is 6.66. The Hall–Kier alpha value is -2.39. The fourth-order valence-electron chi connectivity index (χ4n) is 3.85. The number of hydrogen-bond acceptors (Lipinski definition) is 3. The van der Waals surface area contributed by atoms with Gasteiger partial charge in [0.2, 0.25) is 5.34 Å². The lowest BCUT2D eigenvalue weighted by molar-refractivity contribution is -0.128. The Morgan fingerprint density at radius 2 is 1.50 bits per heavy atom. The number of carbonyl (C=O) groups is 1. The van der Waals surface area contributed by atoms with Gasteiger partial charge < -0.3 is 14.6 Å². The van der Waals surface area contributed by atoms with Gasteiger partial charge in [-0.25, -0.2) is 0 Å². The van der Waals surface area contributed by atoms with Crippen LogP contribution in [0.5, 0.6) is 0 Å². The van der Waals surface area contributed by atoms with Crippen LogP contribution in [0.15, 0.2) is 78.9 Å². The number of hydrogen-bond donors (Lipinski definition) is 1. The minimum atomic E-state index is -3.84. The largest absolute Gasteiger partial charge is 0.369 e. The van der Waals surface area contributed by atoms with Crippen LogP contribution in [0.3, 0.4) is 0 Å². The van der Waals surface area contributed by atoms with E-state index in [2.05, 4.69) is 0 Å². The molecule has 1 unspecified atom stereocenters. The number of carbonyl (C=O) groups excluding carboxylic acids is 1. The Kier molecular flexibility index (Phi) is 4.67. The van der Waals surface area contributed by atoms with Crippen molar-refractivity contribution in [2.75, 3.05) is 11.4 Å². The summed E-state index contributed by atoms with van der Waals surface area (Å²) in [4.78, 5) is 14.9. The molecular weight excluding hydrogens is 393 g/mol. The first-order chi connectivity index (χ1) is 13.4. The molecule has 6 heteroatoms. The van der Waals surface area contributed by atoms with Gasteiger partial charge in [0.15, 0.2) is 7.14 Å². The molecule has 142 valence electrons. The summed E-state index contributed by atoms with van der Waals surface area (Å²) >= 11 is 6.20. The topological polar surface area (TPSA) is 57.6 Å². The quantitative estimate of drug-likeness (QED) is 0.663. The highest BCUT2D eigenvalue weighted by Crippen LogP contribution is 2.65. The molecular formula is C22H19ClNO3P. The monoisotopic (exact) mass is 411 g/mol. The average Bonchev–Trinajstić information content (AvgIpc) is 2.96. The minimum absolute atomic E-state index is 0.280. The first kappa shape index (κ1) is 18.9. The summed E-state index contributed by atoms with van der Waals surface area (Å²) in [6.07, 6.45) is 0. The Morgan fingerprint density at radius 3 is 2.00 bits per heavy atom. The van der Waals surface area contributed by atoms with E-state index in [1.54, 1.807) is 66.7 Å². The highest BCUT2D eigenvalue weighted by Gasteiger charge is 2.62. The van der Waals surface area contributed by atoms with Crippen LogP contribution in [-0.4, -0.2) is 17.6 Å². The first-order valence-corrected chi connectivity index (χ1v) is 11.1. The molecule has 0 fully saturated rings. The smallest absolute Gasteiger partial charge is 0.272 e. The van der Waals surface area contributed by atoms with Crippen LogP contribution in [0.1, 0.15) is 12.5 Å². The van der Waals surface area contributed by atoms with Crippen molar-refractivity contribution in [2.24, 2.45) is 0 Å². The van der Waals surface area contributed by atoms with Gasteiger partial charge in [-0.2, -0.15) is 0 Å². The number of benzene rings is 3. The zero-order valence-corrected chi connectivity index (χ0v) is 16.9. The van der Waals surface area contributed by atoms with Crippen molar-refractivity contribution in [1.29, 1.82) is 0 Å². The molecule has 1 atom stereocenters. The molecule has 1 aliphatic rings. The molecule has 0 spiro atoms. The third-order valence-electron chi connectivity index (χ3n) is 5.18. The normalized spacial score (nSPS) is 19.0. The fourth-order valence-corrected chi connectivity index (χ4v) is 7.16.